The largest absolute Gasteiger partial charge is 0.478 e. The molecule has 0 amide bonds. The van der Waals surface area contributed by atoms with Crippen molar-refractivity contribution in [1.82, 2.24) is 4.57 Å². The lowest BCUT2D eigenvalue weighted by Crippen LogP contribution is -2.04. The van der Waals surface area contributed by atoms with Crippen LogP contribution in [0.25, 0.3) is 10.9 Å². The van der Waals surface area contributed by atoms with Gasteiger partial charge in [0, 0.05) is 24.7 Å². The van der Waals surface area contributed by atoms with Gasteiger partial charge in [0.1, 0.15) is 0 Å². The number of aliphatic hydroxyl groups is 1. The van der Waals surface area contributed by atoms with Crippen LogP contribution in [0.5, 0.6) is 0 Å². The molecule has 5 nitrogen and oxygen atoms in total. The van der Waals surface area contributed by atoms with E-state index in [-0.39, 0.29) is 6.61 Å². The number of aliphatic hydroxyl groups excluding tert-OH is 1. The monoisotopic (exact) mass is 290 g/mol. The molecule has 1 heterocycles. The van der Waals surface area contributed by atoms with Crippen molar-refractivity contribution in [2.75, 3.05) is 13.2 Å². The molecule has 0 fully saturated rings. The molecule has 0 bridgehead atoms. The summed E-state index contributed by atoms with van der Waals surface area (Å²) in [4.78, 5) is 11.5. The zero-order chi connectivity index (χ0) is 15.4. The minimum absolute atomic E-state index is 0.0894. The molecule has 1 aromatic heterocycles. The van der Waals surface area contributed by atoms with Gasteiger partial charge in [0.25, 0.3) is 0 Å². The molecule has 0 aliphatic rings. The summed E-state index contributed by atoms with van der Waals surface area (Å²) in [5, 5.41) is 19.5. The van der Waals surface area contributed by atoms with Crippen LogP contribution in [-0.4, -0.2) is 33.9 Å². The fourth-order valence-electron chi connectivity index (χ4n) is 2.73. The summed E-state index contributed by atoms with van der Waals surface area (Å²) in [6.07, 6.45) is 4.31. The van der Waals surface area contributed by atoms with Crippen LogP contribution in [0.3, 0.4) is 0 Å². The van der Waals surface area contributed by atoms with Gasteiger partial charge >= 0.3 is 5.97 Å². The molecule has 21 heavy (non-hydrogen) atoms. The number of aromatic nitrogens is 1. The van der Waals surface area contributed by atoms with Gasteiger partial charge in [-0.2, -0.15) is 0 Å². The minimum atomic E-state index is -0.919. The number of rotatable bonds is 7. The van der Waals surface area contributed by atoms with Crippen molar-refractivity contribution in [1.29, 1.82) is 0 Å². The lowest BCUT2D eigenvalue weighted by molar-refractivity contribution is 0.0698. The van der Waals surface area contributed by atoms with E-state index in [9.17, 15) is 9.90 Å². The van der Waals surface area contributed by atoms with E-state index in [0.717, 1.165) is 34.9 Å². The number of benzene rings is 1. The number of hydrogen-bond acceptors (Lipinski definition) is 3. The van der Waals surface area contributed by atoms with Crippen molar-refractivity contribution in [3.8, 4) is 0 Å². The molecule has 1 aromatic carbocycles. The van der Waals surface area contributed by atoms with E-state index in [1.165, 1.54) is 0 Å². The zero-order valence-electron chi connectivity index (χ0n) is 12.3. The first-order valence-corrected chi connectivity index (χ1v) is 7.25. The molecule has 4 N–H and O–H groups in total. The summed E-state index contributed by atoms with van der Waals surface area (Å²) in [5.41, 5.74) is 8.71. The summed E-state index contributed by atoms with van der Waals surface area (Å²) in [6, 6.07) is 3.73. The highest BCUT2D eigenvalue weighted by molar-refractivity contribution is 6.03. The van der Waals surface area contributed by atoms with Crippen molar-refractivity contribution < 1.29 is 15.0 Å². The Morgan fingerprint density at radius 3 is 2.71 bits per heavy atom. The Labute approximate surface area is 124 Å². The highest BCUT2D eigenvalue weighted by Gasteiger charge is 2.17. The summed E-state index contributed by atoms with van der Waals surface area (Å²) >= 11 is 0. The Bertz CT molecular complexity index is 646. The van der Waals surface area contributed by atoms with E-state index in [1.54, 1.807) is 6.07 Å². The Morgan fingerprint density at radius 2 is 2.10 bits per heavy atom. The van der Waals surface area contributed by atoms with E-state index < -0.39 is 5.97 Å². The number of nitrogens with zero attached hydrogens (tertiary/aromatic N) is 1. The van der Waals surface area contributed by atoms with Crippen LogP contribution in [0.15, 0.2) is 18.3 Å². The van der Waals surface area contributed by atoms with Crippen molar-refractivity contribution in [2.24, 2.45) is 5.73 Å². The van der Waals surface area contributed by atoms with Gasteiger partial charge in [-0.1, -0.05) is 0 Å². The number of hydrogen-bond donors (Lipinski definition) is 3. The second-order valence-electron chi connectivity index (χ2n) is 5.33. The fourth-order valence-corrected chi connectivity index (χ4v) is 2.73. The van der Waals surface area contributed by atoms with E-state index in [0.29, 0.717) is 25.1 Å². The number of aryl methyl sites for hydroxylation is 3. The van der Waals surface area contributed by atoms with Crippen molar-refractivity contribution in [3.63, 3.8) is 0 Å². The first-order valence-electron chi connectivity index (χ1n) is 7.25. The van der Waals surface area contributed by atoms with Gasteiger partial charge in [-0.25, -0.2) is 4.79 Å². The molecule has 0 atom stereocenters. The summed E-state index contributed by atoms with van der Waals surface area (Å²) in [7, 11) is 0. The van der Waals surface area contributed by atoms with Crippen molar-refractivity contribution in [3.05, 3.63) is 35.0 Å². The van der Waals surface area contributed by atoms with E-state index >= 15 is 0 Å². The molecule has 114 valence electrons. The van der Waals surface area contributed by atoms with Gasteiger partial charge in [-0.3, -0.25) is 0 Å². The topological polar surface area (TPSA) is 88.5 Å². The fraction of sp³-hybridized carbons (Fsp3) is 0.438. The molecule has 0 aliphatic heterocycles. The van der Waals surface area contributed by atoms with Crippen LogP contribution in [-0.2, 0) is 13.0 Å². The van der Waals surface area contributed by atoms with Crippen molar-refractivity contribution in [2.45, 2.75) is 32.7 Å². The third-order valence-corrected chi connectivity index (χ3v) is 3.64. The Balaban J connectivity index is 2.62. The number of carboxylic acid groups (broad SMARTS) is 1. The standard InChI is InChI=1S/C16H22N2O3/c1-11-8-13-12(4-2-5-17)10-18(6-3-7-19)15(13)14(9-11)16(20)21/h8-10,19H,2-7,17H2,1H3,(H,20,21). The van der Waals surface area contributed by atoms with Gasteiger partial charge in [0.15, 0.2) is 0 Å². The van der Waals surface area contributed by atoms with Gasteiger partial charge in [0.2, 0.25) is 0 Å². The predicted molar refractivity (Wildman–Crippen MR) is 82.7 cm³/mol. The van der Waals surface area contributed by atoms with Crippen molar-refractivity contribution >= 4 is 16.9 Å². The van der Waals surface area contributed by atoms with Gasteiger partial charge in [-0.05, 0) is 56.0 Å². The summed E-state index contributed by atoms with van der Waals surface area (Å²) in [5.74, 6) is -0.919. The van der Waals surface area contributed by atoms with Crippen LogP contribution in [0.4, 0.5) is 0 Å². The molecule has 2 rings (SSSR count). The maximum atomic E-state index is 11.5. The molecule has 0 unspecified atom stereocenters. The van der Waals surface area contributed by atoms with Crippen LogP contribution < -0.4 is 5.73 Å². The smallest absolute Gasteiger partial charge is 0.337 e. The van der Waals surface area contributed by atoms with Gasteiger partial charge < -0.3 is 20.5 Å². The van der Waals surface area contributed by atoms with E-state index in [2.05, 4.69) is 0 Å². The first kappa shape index (κ1) is 15.5. The lowest BCUT2D eigenvalue weighted by Gasteiger charge is -2.07. The number of fused-ring (bicyclic) bond motifs is 1. The van der Waals surface area contributed by atoms with Gasteiger partial charge in [0.05, 0.1) is 11.1 Å². The Kier molecular flexibility index (Phi) is 4.98. The highest BCUT2D eigenvalue weighted by Crippen LogP contribution is 2.28. The van der Waals surface area contributed by atoms with E-state index in [1.807, 2.05) is 23.8 Å². The average molecular weight is 290 g/mol. The summed E-state index contributed by atoms with van der Waals surface area (Å²) in [6.45, 7) is 3.22. The van der Waals surface area contributed by atoms with E-state index in [4.69, 9.17) is 10.8 Å². The number of nitrogens with two attached hydrogens (primary N) is 1. The summed E-state index contributed by atoms with van der Waals surface area (Å²) < 4.78 is 1.94. The number of carbonyl (C=O) groups is 1. The normalized spacial score (nSPS) is 11.2. The second-order valence-corrected chi connectivity index (χ2v) is 5.33. The zero-order valence-corrected chi connectivity index (χ0v) is 12.3. The quantitative estimate of drug-likeness (QED) is 0.727. The molecule has 0 radical (unpaired) electrons. The van der Waals surface area contributed by atoms with Crippen LogP contribution in [0, 0.1) is 6.92 Å². The first-order chi connectivity index (χ1) is 10.1. The molecule has 0 spiro atoms. The van der Waals surface area contributed by atoms with Crippen LogP contribution >= 0.6 is 0 Å². The predicted octanol–water partition coefficient (Wildman–Crippen LogP) is 1.92. The molecule has 2 aromatic rings. The number of aromatic carboxylic acids is 1. The Morgan fingerprint density at radius 1 is 1.33 bits per heavy atom. The Hall–Kier alpha value is -1.85. The van der Waals surface area contributed by atoms with Crippen LogP contribution in [0.1, 0.15) is 34.3 Å². The molecular formula is C16H22N2O3. The molecule has 0 saturated heterocycles. The highest BCUT2D eigenvalue weighted by atomic mass is 16.4. The third kappa shape index (κ3) is 3.25. The average Bonchev–Trinajstić information content (AvgIpc) is 2.79. The lowest BCUT2D eigenvalue weighted by atomic mass is 10.0. The molecule has 5 heteroatoms. The molecular weight excluding hydrogens is 268 g/mol. The maximum Gasteiger partial charge on any atom is 0.337 e. The third-order valence-electron chi connectivity index (χ3n) is 3.64. The number of carboxylic acids is 1. The molecule has 0 saturated carbocycles. The van der Waals surface area contributed by atoms with Gasteiger partial charge in [-0.15, -0.1) is 0 Å². The second kappa shape index (κ2) is 6.74. The minimum Gasteiger partial charge on any atom is -0.478 e. The molecule has 0 aliphatic carbocycles. The maximum absolute atomic E-state index is 11.5. The van der Waals surface area contributed by atoms with Crippen LogP contribution in [0.2, 0.25) is 0 Å². The SMILES string of the molecule is Cc1cc(C(=O)O)c2c(c1)c(CCCN)cn2CCCO.